The summed E-state index contributed by atoms with van der Waals surface area (Å²) < 4.78 is 0. The lowest BCUT2D eigenvalue weighted by molar-refractivity contribution is -0.0507. The molecular weight excluding hydrogens is 176 g/mol. The third-order valence-electron chi connectivity index (χ3n) is 3.52. The normalized spacial score (nSPS) is 38.6. The summed E-state index contributed by atoms with van der Waals surface area (Å²) in [6.07, 6.45) is 5.45. The van der Waals surface area contributed by atoms with E-state index in [-0.39, 0.29) is 0 Å². The highest BCUT2D eigenvalue weighted by atomic mass is 16.3. The lowest BCUT2D eigenvalue weighted by Crippen LogP contribution is -2.38. The number of hydrogen-bond donors (Lipinski definition) is 2. The fraction of sp³-hybridized carbons (Fsp3) is 1.00. The summed E-state index contributed by atoms with van der Waals surface area (Å²) in [7, 11) is 0. The summed E-state index contributed by atoms with van der Waals surface area (Å²) in [5.74, 6) is 1.27. The summed E-state index contributed by atoms with van der Waals surface area (Å²) in [6.45, 7) is 4.39. The molecule has 0 heterocycles. The van der Waals surface area contributed by atoms with Gasteiger partial charge in [-0.3, -0.25) is 0 Å². The Labute approximate surface area is 87.3 Å². The van der Waals surface area contributed by atoms with E-state index >= 15 is 0 Å². The Morgan fingerprint density at radius 2 is 1.21 bits per heavy atom. The fourth-order valence-corrected chi connectivity index (χ4v) is 2.77. The van der Waals surface area contributed by atoms with E-state index in [1.165, 1.54) is 25.7 Å². The Morgan fingerprint density at radius 1 is 0.857 bits per heavy atom. The maximum atomic E-state index is 9.61. The van der Waals surface area contributed by atoms with E-state index in [0.29, 0.717) is 11.8 Å². The third kappa shape index (κ3) is 2.96. The minimum absolute atomic E-state index is 0.473. The molecule has 1 aliphatic rings. The molecule has 1 saturated carbocycles. The van der Waals surface area contributed by atoms with Gasteiger partial charge in [0.05, 0.1) is 12.2 Å². The van der Waals surface area contributed by atoms with Crippen LogP contribution in [0.2, 0.25) is 0 Å². The number of hydrogen-bond acceptors (Lipinski definition) is 2. The average molecular weight is 200 g/mol. The predicted molar refractivity (Wildman–Crippen MR) is 58.0 cm³/mol. The monoisotopic (exact) mass is 200 g/mol. The second kappa shape index (κ2) is 5.72. The summed E-state index contributed by atoms with van der Waals surface area (Å²) >= 11 is 0. The molecule has 4 unspecified atom stereocenters. The molecule has 1 rings (SSSR count). The van der Waals surface area contributed by atoms with Crippen LogP contribution in [0.3, 0.4) is 0 Å². The Morgan fingerprint density at radius 3 is 1.50 bits per heavy atom. The van der Waals surface area contributed by atoms with Crippen LogP contribution in [-0.2, 0) is 0 Å². The molecule has 0 spiro atoms. The topological polar surface area (TPSA) is 40.5 Å². The van der Waals surface area contributed by atoms with Gasteiger partial charge in [0, 0.05) is 0 Å². The van der Waals surface area contributed by atoms with Gasteiger partial charge in [0.15, 0.2) is 0 Å². The lowest BCUT2D eigenvalue weighted by atomic mass is 9.73. The minimum atomic E-state index is -0.473. The largest absolute Gasteiger partial charge is 0.390 e. The van der Waals surface area contributed by atoms with Crippen LogP contribution in [-0.4, -0.2) is 22.4 Å². The van der Waals surface area contributed by atoms with Gasteiger partial charge in [-0.1, -0.05) is 39.5 Å². The highest BCUT2D eigenvalue weighted by Crippen LogP contribution is 2.36. The van der Waals surface area contributed by atoms with Crippen LogP contribution < -0.4 is 0 Å². The minimum Gasteiger partial charge on any atom is -0.390 e. The molecule has 2 nitrogen and oxygen atoms in total. The first kappa shape index (κ1) is 12.0. The highest BCUT2D eigenvalue weighted by Gasteiger charge is 2.33. The molecule has 1 aliphatic carbocycles. The van der Waals surface area contributed by atoms with Crippen LogP contribution in [0.15, 0.2) is 0 Å². The van der Waals surface area contributed by atoms with Crippen molar-refractivity contribution in [3.05, 3.63) is 0 Å². The molecule has 0 radical (unpaired) electrons. The molecule has 0 aromatic rings. The van der Waals surface area contributed by atoms with Gasteiger partial charge in [-0.2, -0.15) is 0 Å². The lowest BCUT2D eigenvalue weighted by Gasteiger charge is -2.37. The molecule has 1 fully saturated rings. The molecule has 2 heteroatoms. The van der Waals surface area contributed by atoms with Crippen LogP contribution in [0, 0.1) is 11.8 Å². The maximum Gasteiger partial charge on any atom is 0.0802 e. The molecule has 4 atom stereocenters. The van der Waals surface area contributed by atoms with Crippen molar-refractivity contribution in [2.75, 3.05) is 0 Å². The molecule has 14 heavy (non-hydrogen) atoms. The van der Waals surface area contributed by atoms with Gasteiger partial charge in [0.25, 0.3) is 0 Å². The summed E-state index contributed by atoms with van der Waals surface area (Å²) in [6, 6.07) is 0. The smallest absolute Gasteiger partial charge is 0.0802 e. The van der Waals surface area contributed by atoms with Crippen LogP contribution in [0.25, 0.3) is 0 Å². The number of aliphatic hydroxyl groups is 2. The Kier molecular flexibility index (Phi) is 4.90. The van der Waals surface area contributed by atoms with Gasteiger partial charge in [0.1, 0.15) is 0 Å². The van der Waals surface area contributed by atoms with E-state index in [4.69, 9.17) is 0 Å². The Balaban J connectivity index is 2.50. The molecule has 0 aromatic carbocycles. The predicted octanol–water partition coefficient (Wildman–Crippen LogP) is 2.33. The molecule has 0 bridgehead atoms. The maximum absolute atomic E-state index is 9.61. The van der Waals surface area contributed by atoms with Crippen molar-refractivity contribution in [1.82, 2.24) is 0 Å². The second-order valence-corrected chi connectivity index (χ2v) is 4.70. The van der Waals surface area contributed by atoms with Crippen LogP contribution in [0.1, 0.15) is 52.4 Å². The first-order valence-electron chi connectivity index (χ1n) is 6.05. The highest BCUT2D eigenvalue weighted by molar-refractivity contribution is 4.85. The van der Waals surface area contributed by atoms with Crippen LogP contribution in [0.5, 0.6) is 0 Å². The van der Waals surface area contributed by atoms with Crippen LogP contribution in [0.4, 0.5) is 0 Å². The van der Waals surface area contributed by atoms with E-state index in [9.17, 15) is 10.2 Å². The Hall–Kier alpha value is -0.0800. The van der Waals surface area contributed by atoms with Crippen molar-refractivity contribution in [2.24, 2.45) is 11.8 Å². The van der Waals surface area contributed by atoms with Crippen molar-refractivity contribution < 1.29 is 10.2 Å². The molecule has 0 saturated heterocycles. The fourth-order valence-electron chi connectivity index (χ4n) is 2.77. The number of aliphatic hydroxyl groups excluding tert-OH is 2. The van der Waals surface area contributed by atoms with Gasteiger partial charge in [-0.05, 0) is 24.7 Å². The van der Waals surface area contributed by atoms with Gasteiger partial charge in [0.2, 0.25) is 0 Å². The van der Waals surface area contributed by atoms with E-state index in [1.807, 2.05) is 0 Å². The van der Waals surface area contributed by atoms with Crippen molar-refractivity contribution in [1.29, 1.82) is 0 Å². The van der Waals surface area contributed by atoms with Gasteiger partial charge >= 0.3 is 0 Å². The summed E-state index contributed by atoms with van der Waals surface area (Å²) in [5.41, 5.74) is 0. The zero-order valence-corrected chi connectivity index (χ0v) is 9.45. The number of rotatable bonds is 4. The Bertz CT molecular complexity index is 140. The first-order valence-corrected chi connectivity index (χ1v) is 6.05. The van der Waals surface area contributed by atoms with Crippen molar-refractivity contribution in [3.8, 4) is 0 Å². The molecule has 0 aliphatic heterocycles. The molecule has 84 valence electrons. The van der Waals surface area contributed by atoms with E-state index in [2.05, 4.69) is 13.8 Å². The van der Waals surface area contributed by atoms with Crippen molar-refractivity contribution in [3.63, 3.8) is 0 Å². The second-order valence-electron chi connectivity index (χ2n) is 4.70. The SMILES string of the molecule is CCCC1CC(O)C(O)CC1CCC. The zero-order chi connectivity index (χ0) is 10.6. The molecule has 0 amide bonds. The van der Waals surface area contributed by atoms with E-state index < -0.39 is 12.2 Å². The van der Waals surface area contributed by atoms with E-state index in [0.717, 1.165) is 12.8 Å². The van der Waals surface area contributed by atoms with E-state index in [1.54, 1.807) is 0 Å². The van der Waals surface area contributed by atoms with Gasteiger partial charge in [-0.25, -0.2) is 0 Å². The molecule has 2 N–H and O–H groups in total. The quantitative estimate of drug-likeness (QED) is 0.731. The summed E-state index contributed by atoms with van der Waals surface area (Å²) in [5, 5.41) is 19.2. The van der Waals surface area contributed by atoms with Gasteiger partial charge in [-0.15, -0.1) is 0 Å². The van der Waals surface area contributed by atoms with Gasteiger partial charge < -0.3 is 10.2 Å². The standard InChI is InChI=1S/C12H24O2/c1-3-5-9-7-11(13)12(14)8-10(9)6-4-2/h9-14H,3-8H2,1-2H3. The first-order chi connectivity index (χ1) is 6.69. The average Bonchev–Trinajstić information content (AvgIpc) is 2.14. The zero-order valence-electron chi connectivity index (χ0n) is 9.45. The van der Waals surface area contributed by atoms with Crippen molar-refractivity contribution >= 4 is 0 Å². The summed E-state index contributed by atoms with van der Waals surface area (Å²) in [4.78, 5) is 0. The van der Waals surface area contributed by atoms with Crippen LogP contribution >= 0.6 is 0 Å². The molecule has 0 aromatic heterocycles. The third-order valence-corrected chi connectivity index (χ3v) is 3.52. The molecular formula is C12H24O2. The van der Waals surface area contributed by atoms with Crippen molar-refractivity contribution in [2.45, 2.75) is 64.6 Å².